The molecule has 1 saturated carbocycles. The standard InChI is InChI=1S/C25H24N6O/c1-15-9-23-28-16(2)10-24(32)31(23)29-25(15)30-8-7-22-20(14-30)11-19(13-27-22)18-5-6-21(26-12-18)17-3-4-17/h5-6,9-13,17H,3-4,7-8,14H2,1-2H3. The van der Waals surface area contributed by atoms with Crippen LogP contribution in [0, 0.1) is 13.8 Å². The number of hydrogen-bond acceptors (Lipinski definition) is 6. The molecule has 0 saturated heterocycles. The van der Waals surface area contributed by atoms with Crippen LogP contribution < -0.4 is 10.5 Å². The molecule has 0 bridgehead atoms. The van der Waals surface area contributed by atoms with Crippen LogP contribution in [0.15, 0.2) is 47.5 Å². The molecule has 1 fully saturated rings. The van der Waals surface area contributed by atoms with Gasteiger partial charge in [0.1, 0.15) is 0 Å². The Kier molecular flexibility index (Phi) is 4.31. The number of pyridine rings is 2. The van der Waals surface area contributed by atoms with Gasteiger partial charge in [0, 0.05) is 72.1 Å². The van der Waals surface area contributed by atoms with Gasteiger partial charge in [0.2, 0.25) is 0 Å². The summed E-state index contributed by atoms with van der Waals surface area (Å²) in [4.78, 5) is 28.5. The van der Waals surface area contributed by atoms with Crippen molar-refractivity contribution >= 4 is 11.5 Å². The van der Waals surface area contributed by atoms with Crippen molar-refractivity contribution in [2.45, 2.75) is 45.6 Å². The molecule has 7 nitrogen and oxygen atoms in total. The van der Waals surface area contributed by atoms with Crippen molar-refractivity contribution in [3.05, 3.63) is 81.3 Å². The second-order valence-corrected chi connectivity index (χ2v) is 8.90. The Hall–Kier alpha value is -3.61. The third kappa shape index (κ3) is 3.34. The van der Waals surface area contributed by atoms with E-state index in [4.69, 9.17) is 4.98 Å². The Bertz CT molecular complexity index is 1400. The highest BCUT2D eigenvalue weighted by Gasteiger charge is 2.25. The van der Waals surface area contributed by atoms with E-state index in [9.17, 15) is 4.79 Å². The summed E-state index contributed by atoms with van der Waals surface area (Å²) in [6, 6.07) is 9.98. The lowest BCUT2D eigenvalue weighted by molar-refractivity contribution is 0.685. The first-order valence-corrected chi connectivity index (χ1v) is 11.1. The molecule has 0 N–H and O–H groups in total. The first kappa shape index (κ1) is 19.1. The van der Waals surface area contributed by atoms with Gasteiger partial charge in [-0.25, -0.2) is 4.98 Å². The summed E-state index contributed by atoms with van der Waals surface area (Å²) in [6.07, 6.45) is 7.28. The Morgan fingerprint density at radius 1 is 1.00 bits per heavy atom. The monoisotopic (exact) mass is 424 g/mol. The van der Waals surface area contributed by atoms with Crippen molar-refractivity contribution in [3.63, 3.8) is 0 Å². The predicted octanol–water partition coefficient (Wildman–Crippen LogP) is 3.60. The lowest BCUT2D eigenvalue weighted by atomic mass is 10.0. The molecule has 0 aromatic carbocycles. The van der Waals surface area contributed by atoms with E-state index in [0.717, 1.165) is 41.2 Å². The minimum absolute atomic E-state index is 0.155. The molecule has 4 aromatic rings. The third-order valence-electron chi connectivity index (χ3n) is 6.40. The zero-order valence-corrected chi connectivity index (χ0v) is 18.2. The number of anilines is 1. The molecule has 1 aliphatic heterocycles. The fraction of sp³-hybridized carbons (Fsp3) is 0.320. The van der Waals surface area contributed by atoms with E-state index < -0.39 is 0 Å². The molecule has 0 amide bonds. The van der Waals surface area contributed by atoms with Crippen LogP contribution in [-0.2, 0) is 13.0 Å². The molecular weight excluding hydrogens is 400 g/mol. The zero-order valence-electron chi connectivity index (χ0n) is 18.2. The van der Waals surface area contributed by atoms with Crippen LogP contribution >= 0.6 is 0 Å². The van der Waals surface area contributed by atoms with Gasteiger partial charge in [-0.2, -0.15) is 4.52 Å². The fourth-order valence-corrected chi connectivity index (χ4v) is 4.51. The SMILES string of the molecule is Cc1cc(=O)n2nc(N3CCc4ncc(-c5ccc(C6CC6)nc5)cc4C3)c(C)cc2n1. The summed E-state index contributed by atoms with van der Waals surface area (Å²) in [5.74, 6) is 1.47. The predicted molar refractivity (Wildman–Crippen MR) is 123 cm³/mol. The molecule has 0 spiro atoms. The Morgan fingerprint density at radius 3 is 2.62 bits per heavy atom. The van der Waals surface area contributed by atoms with Gasteiger partial charge in [0.25, 0.3) is 5.56 Å². The van der Waals surface area contributed by atoms with Crippen LogP contribution in [-0.4, -0.2) is 31.1 Å². The molecule has 4 aromatic heterocycles. The first-order valence-electron chi connectivity index (χ1n) is 11.1. The molecule has 32 heavy (non-hydrogen) atoms. The number of aromatic nitrogens is 5. The Morgan fingerprint density at radius 2 is 1.84 bits per heavy atom. The van der Waals surface area contributed by atoms with Gasteiger partial charge in [0.15, 0.2) is 11.5 Å². The van der Waals surface area contributed by atoms with Gasteiger partial charge in [-0.05, 0) is 56.0 Å². The van der Waals surface area contributed by atoms with E-state index in [-0.39, 0.29) is 5.56 Å². The minimum atomic E-state index is -0.155. The highest BCUT2D eigenvalue weighted by atomic mass is 16.1. The van der Waals surface area contributed by atoms with E-state index >= 15 is 0 Å². The quantitative estimate of drug-likeness (QED) is 0.500. The molecule has 0 radical (unpaired) electrons. The van der Waals surface area contributed by atoms with E-state index in [2.05, 4.69) is 38.2 Å². The highest BCUT2D eigenvalue weighted by molar-refractivity contribution is 5.63. The average molecular weight is 425 g/mol. The second kappa shape index (κ2) is 7.22. The lowest BCUT2D eigenvalue weighted by Crippen LogP contribution is -2.33. The van der Waals surface area contributed by atoms with Crippen molar-refractivity contribution in [2.75, 3.05) is 11.4 Å². The Labute approximate surface area is 185 Å². The lowest BCUT2D eigenvalue weighted by Gasteiger charge is -2.30. The molecule has 1 aliphatic carbocycles. The van der Waals surface area contributed by atoms with E-state index in [0.29, 0.717) is 23.8 Å². The molecule has 160 valence electrons. The molecule has 6 rings (SSSR count). The minimum Gasteiger partial charge on any atom is -0.350 e. The van der Waals surface area contributed by atoms with Crippen LogP contribution in [0.25, 0.3) is 16.8 Å². The maximum absolute atomic E-state index is 12.4. The van der Waals surface area contributed by atoms with Crippen LogP contribution in [0.3, 0.4) is 0 Å². The number of hydrogen-bond donors (Lipinski definition) is 0. The summed E-state index contributed by atoms with van der Waals surface area (Å²) in [7, 11) is 0. The number of fused-ring (bicyclic) bond motifs is 2. The van der Waals surface area contributed by atoms with Gasteiger partial charge in [-0.1, -0.05) is 6.07 Å². The molecule has 7 heteroatoms. The summed E-state index contributed by atoms with van der Waals surface area (Å²) in [6.45, 7) is 5.36. The topological polar surface area (TPSA) is 76.3 Å². The largest absolute Gasteiger partial charge is 0.350 e. The normalized spacial score (nSPS) is 15.8. The maximum atomic E-state index is 12.4. The van der Waals surface area contributed by atoms with E-state index in [1.807, 2.05) is 32.3 Å². The average Bonchev–Trinajstić information content (AvgIpc) is 3.63. The number of rotatable bonds is 3. The van der Waals surface area contributed by atoms with Gasteiger partial charge in [0.05, 0.1) is 0 Å². The van der Waals surface area contributed by atoms with Crippen molar-refractivity contribution < 1.29 is 0 Å². The fourth-order valence-electron chi connectivity index (χ4n) is 4.51. The molecule has 0 unspecified atom stereocenters. The van der Waals surface area contributed by atoms with Crippen LogP contribution in [0.4, 0.5) is 5.82 Å². The summed E-state index contributed by atoms with van der Waals surface area (Å²) in [5.41, 5.74) is 7.83. The van der Waals surface area contributed by atoms with E-state index in [1.165, 1.54) is 34.7 Å². The van der Waals surface area contributed by atoms with Crippen LogP contribution in [0.5, 0.6) is 0 Å². The molecule has 0 atom stereocenters. The smallest absolute Gasteiger partial charge is 0.274 e. The van der Waals surface area contributed by atoms with Crippen molar-refractivity contribution in [1.29, 1.82) is 0 Å². The third-order valence-corrected chi connectivity index (χ3v) is 6.40. The maximum Gasteiger partial charge on any atom is 0.274 e. The number of nitrogens with zero attached hydrogens (tertiary/aromatic N) is 6. The Balaban J connectivity index is 1.33. The van der Waals surface area contributed by atoms with Gasteiger partial charge < -0.3 is 4.90 Å². The molecule has 2 aliphatic rings. The van der Waals surface area contributed by atoms with Crippen molar-refractivity contribution in [3.8, 4) is 11.1 Å². The van der Waals surface area contributed by atoms with E-state index in [1.54, 1.807) is 0 Å². The van der Waals surface area contributed by atoms with Gasteiger partial charge in [-0.3, -0.25) is 14.8 Å². The van der Waals surface area contributed by atoms with Gasteiger partial charge >= 0.3 is 0 Å². The van der Waals surface area contributed by atoms with Crippen molar-refractivity contribution in [2.24, 2.45) is 0 Å². The molecular formula is C25H24N6O. The number of aryl methyl sites for hydroxylation is 2. The van der Waals surface area contributed by atoms with Crippen LogP contribution in [0.2, 0.25) is 0 Å². The summed E-state index contributed by atoms with van der Waals surface area (Å²) < 4.78 is 1.40. The summed E-state index contributed by atoms with van der Waals surface area (Å²) in [5, 5.41) is 4.66. The van der Waals surface area contributed by atoms with Crippen LogP contribution in [0.1, 0.15) is 47.0 Å². The first-order chi connectivity index (χ1) is 15.5. The summed E-state index contributed by atoms with van der Waals surface area (Å²) >= 11 is 0. The van der Waals surface area contributed by atoms with Crippen molar-refractivity contribution in [1.82, 2.24) is 24.6 Å². The highest BCUT2D eigenvalue weighted by Crippen LogP contribution is 2.39. The second-order valence-electron chi connectivity index (χ2n) is 8.90. The van der Waals surface area contributed by atoms with Gasteiger partial charge in [-0.15, -0.1) is 5.10 Å². The zero-order chi connectivity index (χ0) is 21.8. The molecule has 5 heterocycles.